The molecule has 0 aromatic heterocycles. The highest BCUT2D eigenvalue weighted by molar-refractivity contribution is 5.87. The van der Waals surface area contributed by atoms with Crippen LogP contribution in [0, 0.1) is 5.92 Å². The maximum atomic E-state index is 11.6. The summed E-state index contributed by atoms with van der Waals surface area (Å²) >= 11 is 0. The molecule has 0 bridgehead atoms. The van der Waals surface area contributed by atoms with E-state index in [4.69, 9.17) is 5.11 Å². The Balaban J connectivity index is 2.60. The Morgan fingerprint density at radius 2 is 2.25 bits per heavy atom. The summed E-state index contributed by atoms with van der Waals surface area (Å²) in [6.45, 7) is 1.91. The van der Waals surface area contributed by atoms with Crippen LogP contribution in [-0.2, 0) is 19.1 Å². The van der Waals surface area contributed by atoms with Crippen LogP contribution in [0.1, 0.15) is 19.8 Å². The zero-order chi connectivity index (χ0) is 12.3. The molecule has 0 aliphatic carbocycles. The molecule has 0 radical (unpaired) electrons. The van der Waals surface area contributed by atoms with Crippen LogP contribution >= 0.6 is 0 Å². The highest BCUT2D eigenvalue weighted by atomic mass is 16.5. The number of hydrogen-bond acceptors (Lipinski definition) is 4. The Morgan fingerprint density at radius 1 is 1.62 bits per heavy atom. The lowest BCUT2D eigenvalue weighted by molar-refractivity contribution is -0.145. The van der Waals surface area contributed by atoms with Crippen molar-refractivity contribution in [2.45, 2.75) is 25.8 Å². The molecule has 1 heterocycles. The summed E-state index contributed by atoms with van der Waals surface area (Å²) in [7, 11) is 1.27. The molecule has 1 unspecified atom stereocenters. The molecule has 1 N–H and O–H groups in total. The lowest BCUT2D eigenvalue weighted by Gasteiger charge is -2.22. The maximum Gasteiger partial charge on any atom is 0.310 e. The first kappa shape index (κ1) is 12.5. The van der Waals surface area contributed by atoms with Gasteiger partial charge in [0.15, 0.2) is 0 Å². The molecule has 1 fully saturated rings. The number of carboxylic acid groups (broad SMARTS) is 1. The van der Waals surface area contributed by atoms with Crippen molar-refractivity contribution >= 4 is 17.8 Å². The molecule has 1 aliphatic heterocycles. The standard InChI is InChI=1S/C10H15NO5/c1-6(3-9(13)14)11-5-7(4-8(11)12)10(15)16-2/h6-7H,3-5H2,1-2H3,(H,13,14)/t6-,7?/m1/s1. The number of carbonyl (C=O) groups excluding carboxylic acids is 2. The average Bonchev–Trinajstić information content (AvgIpc) is 2.58. The monoisotopic (exact) mass is 229 g/mol. The van der Waals surface area contributed by atoms with Crippen molar-refractivity contribution in [3.05, 3.63) is 0 Å². The van der Waals surface area contributed by atoms with E-state index in [1.807, 2.05) is 0 Å². The minimum Gasteiger partial charge on any atom is -0.481 e. The van der Waals surface area contributed by atoms with Gasteiger partial charge in [-0.15, -0.1) is 0 Å². The van der Waals surface area contributed by atoms with Crippen molar-refractivity contribution in [1.29, 1.82) is 0 Å². The molecule has 0 aromatic rings. The number of rotatable bonds is 4. The molecule has 6 heteroatoms. The van der Waals surface area contributed by atoms with Crippen molar-refractivity contribution in [3.63, 3.8) is 0 Å². The molecule has 1 rings (SSSR count). The number of methoxy groups -OCH3 is 1. The first-order valence-electron chi connectivity index (χ1n) is 5.04. The second-order valence-corrected chi connectivity index (χ2v) is 3.92. The summed E-state index contributed by atoms with van der Waals surface area (Å²) in [6, 6.07) is -0.389. The fraction of sp³-hybridized carbons (Fsp3) is 0.700. The third kappa shape index (κ3) is 2.71. The third-order valence-electron chi connectivity index (χ3n) is 2.70. The third-order valence-corrected chi connectivity index (χ3v) is 2.70. The molecule has 1 saturated heterocycles. The van der Waals surface area contributed by atoms with E-state index >= 15 is 0 Å². The van der Waals surface area contributed by atoms with Crippen molar-refractivity contribution in [2.24, 2.45) is 5.92 Å². The Kier molecular flexibility index (Phi) is 3.87. The van der Waals surface area contributed by atoms with E-state index in [1.165, 1.54) is 12.0 Å². The van der Waals surface area contributed by atoms with Crippen LogP contribution in [0.5, 0.6) is 0 Å². The summed E-state index contributed by atoms with van der Waals surface area (Å²) in [5.41, 5.74) is 0. The minimum absolute atomic E-state index is 0.108. The molecule has 1 aliphatic rings. The first-order valence-corrected chi connectivity index (χ1v) is 5.04. The van der Waals surface area contributed by atoms with Gasteiger partial charge in [-0.1, -0.05) is 0 Å². The van der Waals surface area contributed by atoms with Gasteiger partial charge in [-0.25, -0.2) is 0 Å². The maximum absolute atomic E-state index is 11.6. The van der Waals surface area contributed by atoms with Gasteiger partial charge in [0, 0.05) is 19.0 Å². The van der Waals surface area contributed by atoms with Gasteiger partial charge in [0.1, 0.15) is 0 Å². The highest BCUT2D eigenvalue weighted by Crippen LogP contribution is 2.22. The van der Waals surface area contributed by atoms with Gasteiger partial charge < -0.3 is 14.7 Å². The molecule has 0 aromatic carbocycles. The molecular formula is C10H15NO5. The van der Waals surface area contributed by atoms with Crippen molar-refractivity contribution < 1.29 is 24.2 Å². The lowest BCUT2D eigenvalue weighted by Crippen LogP contribution is -2.36. The first-order chi connectivity index (χ1) is 7.45. The lowest BCUT2D eigenvalue weighted by atomic mass is 10.1. The van der Waals surface area contributed by atoms with Gasteiger partial charge in [0.2, 0.25) is 5.91 Å². The van der Waals surface area contributed by atoms with Gasteiger partial charge >= 0.3 is 11.9 Å². The summed E-state index contributed by atoms with van der Waals surface area (Å²) < 4.78 is 4.56. The van der Waals surface area contributed by atoms with Crippen LogP contribution < -0.4 is 0 Å². The van der Waals surface area contributed by atoms with Crippen LogP contribution in [0.4, 0.5) is 0 Å². The summed E-state index contributed by atoms with van der Waals surface area (Å²) in [5, 5.41) is 8.62. The van der Waals surface area contributed by atoms with E-state index in [9.17, 15) is 14.4 Å². The molecular weight excluding hydrogens is 214 g/mol. The molecule has 0 saturated carbocycles. The quantitative estimate of drug-likeness (QED) is 0.679. The number of hydrogen-bond donors (Lipinski definition) is 1. The number of nitrogens with zero attached hydrogens (tertiary/aromatic N) is 1. The smallest absolute Gasteiger partial charge is 0.310 e. The Labute approximate surface area is 93.2 Å². The van der Waals surface area contributed by atoms with Gasteiger partial charge in [0.25, 0.3) is 0 Å². The zero-order valence-corrected chi connectivity index (χ0v) is 9.30. The Hall–Kier alpha value is -1.59. The molecule has 16 heavy (non-hydrogen) atoms. The van der Waals surface area contributed by atoms with E-state index in [-0.39, 0.29) is 31.3 Å². The Morgan fingerprint density at radius 3 is 2.75 bits per heavy atom. The predicted molar refractivity (Wildman–Crippen MR) is 53.6 cm³/mol. The van der Waals surface area contributed by atoms with Crippen LogP contribution in [0.3, 0.4) is 0 Å². The van der Waals surface area contributed by atoms with Crippen LogP contribution in [0.25, 0.3) is 0 Å². The van der Waals surface area contributed by atoms with Crippen molar-refractivity contribution in [2.75, 3.05) is 13.7 Å². The number of esters is 1. The van der Waals surface area contributed by atoms with E-state index in [0.717, 1.165) is 0 Å². The van der Waals surface area contributed by atoms with Crippen LogP contribution in [0.15, 0.2) is 0 Å². The number of aliphatic carboxylic acids is 1. The van der Waals surface area contributed by atoms with E-state index in [1.54, 1.807) is 6.92 Å². The molecule has 2 atom stereocenters. The molecule has 1 amide bonds. The van der Waals surface area contributed by atoms with Crippen LogP contribution in [0.2, 0.25) is 0 Å². The zero-order valence-electron chi connectivity index (χ0n) is 9.30. The second-order valence-electron chi connectivity index (χ2n) is 3.92. The number of likely N-dealkylation sites (tertiary alicyclic amines) is 1. The van der Waals surface area contributed by atoms with E-state index in [2.05, 4.69) is 4.74 Å². The fourth-order valence-electron chi connectivity index (χ4n) is 1.85. The summed E-state index contributed by atoms with van der Waals surface area (Å²) in [6.07, 6.45) is -0.00371. The largest absolute Gasteiger partial charge is 0.481 e. The van der Waals surface area contributed by atoms with Crippen molar-refractivity contribution in [3.8, 4) is 0 Å². The topological polar surface area (TPSA) is 83.9 Å². The Bertz CT molecular complexity index is 314. The molecule has 6 nitrogen and oxygen atoms in total. The fourth-order valence-corrected chi connectivity index (χ4v) is 1.85. The normalized spacial score (nSPS) is 22.0. The van der Waals surface area contributed by atoms with Gasteiger partial charge in [0.05, 0.1) is 19.4 Å². The SMILES string of the molecule is COC(=O)C1CC(=O)N([C@H](C)CC(=O)O)C1. The van der Waals surface area contributed by atoms with Gasteiger partial charge in [-0.05, 0) is 6.92 Å². The predicted octanol–water partition coefficient (Wildman–Crippen LogP) is -0.129. The van der Waals surface area contributed by atoms with Crippen molar-refractivity contribution in [1.82, 2.24) is 4.90 Å². The number of amides is 1. The number of carbonyl (C=O) groups is 3. The van der Waals surface area contributed by atoms with Gasteiger partial charge in [-0.3, -0.25) is 14.4 Å². The second kappa shape index (κ2) is 4.96. The van der Waals surface area contributed by atoms with Gasteiger partial charge in [-0.2, -0.15) is 0 Å². The van der Waals surface area contributed by atoms with E-state index in [0.29, 0.717) is 0 Å². The van der Waals surface area contributed by atoms with E-state index < -0.39 is 17.9 Å². The highest BCUT2D eigenvalue weighted by Gasteiger charge is 2.37. The molecule has 90 valence electrons. The summed E-state index contributed by atoms with van der Waals surface area (Å²) in [5.74, 6) is -2.03. The average molecular weight is 229 g/mol. The minimum atomic E-state index is -0.957. The van der Waals surface area contributed by atoms with Crippen LogP contribution in [-0.4, -0.2) is 47.5 Å². The summed E-state index contributed by atoms with van der Waals surface area (Å²) in [4.78, 5) is 34.7. The molecule has 0 spiro atoms. The number of carboxylic acids is 1. The number of ether oxygens (including phenoxy) is 1.